The molecule has 15 heavy (non-hydrogen) atoms. The molecule has 1 aromatic rings. The minimum Gasteiger partial charge on any atom is -0.488 e. The van der Waals surface area contributed by atoms with Crippen LogP contribution >= 0.6 is 15.9 Å². The molecule has 0 bridgehead atoms. The number of nitrogens with one attached hydrogen (secondary N) is 1. The lowest BCUT2D eigenvalue weighted by Crippen LogP contribution is -2.28. The normalized spacial score (nSPS) is 12.5. The van der Waals surface area contributed by atoms with Crippen LogP contribution in [0.5, 0.6) is 5.75 Å². The van der Waals surface area contributed by atoms with Gasteiger partial charge in [-0.2, -0.15) is 0 Å². The Kier molecular flexibility index (Phi) is 5.05. The molecule has 0 saturated carbocycles. The molecular weight excluding hydrogens is 261 g/mol. The molecule has 1 unspecified atom stereocenters. The van der Waals surface area contributed by atoms with E-state index in [1.165, 1.54) is 12.1 Å². The molecule has 2 nitrogen and oxygen atoms in total. The van der Waals surface area contributed by atoms with Crippen molar-refractivity contribution >= 4 is 15.9 Å². The summed E-state index contributed by atoms with van der Waals surface area (Å²) < 4.78 is 19.3. The van der Waals surface area contributed by atoms with Gasteiger partial charge in [-0.1, -0.05) is 6.92 Å². The van der Waals surface area contributed by atoms with Crippen LogP contribution in [-0.4, -0.2) is 19.2 Å². The third-order valence-corrected chi connectivity index (χ3v) is 2.56. The zero-order chi connectivity index (χ0) is 11.3. The first kappa shape index (κ1) is 12.5. The van der Waals surface area contributed by atoms with Crippen molar-refractivity contribution in [2.75, 3.05) is 13.1 Å². The average Bonchev–Trinajstić information content (AvgIpc) is 2.20. The van der Waals surface area contributed by atoms with E-state index in [1.54, 1.807) is 6.07 Å². The Bertz CT molecular complexity index is 319. The largest absolute Gasteiger partial charge is 0.488 e. The number of ether oxygens (including phenoxy) is 1. The Labute approximate surface area is 98.0 Å². The fourth-order valence-electron chi connectivity index (χ4n) is 1.17. The van der Waals surface area contributed by atoms with E-state index in [0.29, 0.717) is 5.75 Å². The second kappa shape index (κ2) is 6.08. The van der Waals surface area contributed by atoms with Gasteiger partial charge < -0.3 is 10.1 Å². The zero-order valence-corrected chi connectivity index (χ0v) is 10.5. The van der Waals surface area contributed by atoms with E-state index in [9.17, 15) is 4.39 Å². The zero-order valence-electron chi connectivity index (χ0n) is 8.89. The van der Waals surface area contributed by atoms with E-state index in [2.05, 4.69) is 21.2 Å². The minimum absolute atomic E-state index is 0.0167. The Hall–Kier alpha value is -0.610. The van der Waals surface area contributed by atoms with Crippen molar-refractivity contribution in [2.24, 2.45) is 0 Å². The lowest BCUT2D eigenvalue weighted by atomic mass is 10.3. The summed E-state index contributed by atoms with van der Waals surface area (Å²) in [5.41, 5.74) is 0. The van der Waals surface area contributed by atoms with Gasteiger partial charge in [-0.3, -0.25) is 0 Å². The van der Waals surface area contributed by atoms with Crippen molar-refractivity contribution in [1.29, 1.82) is 0 Å². The quantitative estimate of drug-likeness (QED) is 0.892. The second-order valence-corrected chi connectivity index (χ2v) is 4.17. The van der Waals surface area contributed by atoms with Crippen molar-refractivity contribution < 1.29 is 9.13 Å². The third-order valence-electron chi connectivity index (χ3n) is 1.90. The molecule has 0 amide bonds. The van der Waals surface area contributed by atoms with Gasteiger partial charge in [0.05, 0.1) is 4.47 Å². The molecular formula is C11H15BrFNO. The van der Waals surface area contributed by atoms with Crippen LogP contribution in [0.2, 0.25) is 0 Å². The highest BCUT2D eigenvalue weighted by molar-refractivity contribution is 9.10. The molecule has 0 aliphatic carbocycles. The van der Waals surface area contributed by atoms with Gasteiger partial charge in [0.2, 0.25) is 0 Å². The van der Waals surface area contributed by atoms with Crippen LogP contribution in [-0.2, 0) is 0 Å². The van der Waals surface area contributed by atoms with Crippen LogP contribution in [0, 0.1) is 5.82 Å². The molecule has 0 aromatic heterocycles. The van der Waals surface area contributed by atoms with Crippen LogP contribution < -0.4 is 10.1 Å². The molecule has 0 radical (unpaired) electrons. The lowest BCUT2D eigenvalue weighted by Gasteiger charge is -2.15. The first-order valence-corrected chi connectivity index (χ1v) is 5.75. The summed E-state index contributed by atoms with van der Waals surface area (Å²) in [6.07, 6.45) is 0.0167. The predicted molar refractivity (Wildman–Crippen MR) is 62.7 cm³/mol. The van der Waals surface area contributed by atoms with E-state index < -0.39 is 0 Å². The summed E-state index contributed by atoms with van der Waals surface area (Å²) in [5, 5.41) is 3.17. The summed E-state index contributed by atoms with van der Waals surface area (Å²) in [4.78, 5) is 0. The van der Waals surface area contributed by atoms with Gasteiger partial charge in [0.1, 0.15) is 17.7 Å². The summed E-state index contributed by atoms with van der Waals surface area (Å²) in [7, 11) is 0. The average molecular weight is 276 g/mol. The molecule has 0 aliphatic rings. The number of benzene rings is 1. The summed E-state index contributed by atoms with van der Waals surface area (Å²) in [6, 6.07) is 4.42. The highest BCUT2D eigenvalue weighted by Crippen LogP contribution is 2.26. The Morgan fingerprint density at radius 3 is 2.93 bits per heavy atom. The summed E-state index contributed by atoms with van der Waals surface area (Å²) in [6.45, 7) is 5.63. The van der Waals surface area contributed by atoms with Crippen molar-refractivity contribution in [3.8, 4) is 5.75 Å². The highest BCUT2D eigenvalue weighted by atomic mass is 79.9. The number of hydrogen-bond donors (Lipinski definition) is 1. The standard InChI is InChI=1S/C11H15BrFNO/c1-3-14-7-8(2)15-11-6-9(13)4-5-10(11)12/h4-6,8,14H,3,7H2,1-2H3. The van der Waals surface area contributed by atoms with Crippen molar-refractivity contribution in [3.63, 3.8) is 0 Å². The maximum absolute atomic E-state index is 12.9. The van der Waals surface area contributed by atoms with Crippen molar-refractivity contribution in [1.82, 2.24) is 5.32 Å². The van der Waals surface area contributed by atoms with Crippen LogP contribution in [0.25, 0.3) is 0 Å². The van der Waals surface area contributed by atoms with Crippen LogP contribution in [0.15, 0.2) is 22.7 Å². The molecule has 0 saturated heterocycles. The van der Waals surface area contributed by atoms with Gasteiger partial charge in [-0.05, 0) is 41.5 Å². The minimum atomic E-state index is -0.288. The molecule has 0 fully saturated rings. The molecule has 0 spiro atoms. The van der Waals surface area contributed by atoms with Crippen LogP contribution in [0.4, 0.5) is 4.39 Å². The van der Waals surface area contributed by atoms with E-state index >= 15 is 0 Å². The maximum atomic E-state index is 12.9. The fourth-order valence-corrected chi connectivity index (χ4v) is 1.51. The van der Waals surface area contributed by atoms with Gasteiger partial charge in [-0.15, -0.1) is 0 Å². The Morgan fingerprint density at radius 1 is 1.53 bits per heavy atom. The van der Waals surface area contributed by atoms with Gasteiger partial charge in [0.15, 0.2) is 0 Å². The monoisotopic (exact) mass is 275 g/mol. The molecule has 0 aliphatic heterocycles. The first-order chi connectivity index (χ1) is 7.13. The summed E-state index contributed by atoms with van der Waals surface area (Å²) in [5.74, 6) is 0.254. The molecule has 0 heterocycles. The van der Waals surface area contributed by atoms with Crippen LogP contribution in [0.1, 0.15) is 13.8 Å². The number of hydrogen-bond acceptors (Lipinski definition) is 2. The second-order valence-electron chi connectivity index (χ2n) is 3.31. The maximum Gasteiger partial charge on any atom is 0.136 e. The Balaban J connectivity index is 2.59. The van der Waals surface area contributed by atoms with E-state index in [4.69, 9.17) is 4.74 Å². The van der Waals surface area contributed by atoms with Gasteiger partial charge in [0.25, 0.3) is 0 Å². The van der Waals surface area contributed by atoms with Crippen molar-refractivity contribution in [2.45, 2.75) is 20.0 Å². The molecule has 1 rings (SSSR count). The van der Waals surface area contributed by atoms with E-state index in [0.717, 1.165) is 17.6 Å². The molecule has 4 heteroatoms. The SMILES string of the molecule is CCNCC(C)Oc1cc(F)ccc1Br. The van der Waals surface area contributed by atoms with Gasteiger partial charge >= 0.3 is 0 Å². The topological polar surface area (TPSA) is 21.3 Å². The summed E-state index contributed by atoms with van der Waals surface area (Å²) >= 11 is 3.32. The molecule has 1 aromatic carbocycles. The van der Waals surface area contributed by atoms with Gasteiger partial charge in [0, 0.05) is 12.6 Å². The lowest BCUT2D eigenvalue weighted by molar-refractivity contribution is 0.216. The van der Waals surface area contributed by atoms with Gasteiger partial charge in [-0.25, -0.2) is 4.39 Å². The number of rotatable bonds is 5. The van der Waals surface area contributed by atoms with Crippen molar-refractivity contribution in [3.05, 3.63) is 28.5 Å². The number of halogens is 2. The highest BCUT2D eigenvalue weighted by Gasteiger charge is 2.07. The van der Waals surface area contributed by atoms with Crippen LogP contribution in [0.3, 0.4) is 0 Å². The van der Waals surface area contributed by atoms with E-state index in [-0.39, 0.29) is 11.9 Å². The Morgan fingerprint density at radius 2 is 2.27 bits per heavy atom. The smallest absolute Gasteiger partial charge is 0.136 e. The third kappa shape index (κ3) is 4.18. The fraction of sp³-hybridized carbons (Fsp3) is 0.455. The number of likely N-dealkylation sites (N-methyl/N-ethyl adjacent to an activating group) is 1. The molecule has 1 atom stereocenters. The predicted octanol–water partition coefficient (Wildman–Crippen LogP) is 2.97. The molecule has 1 N–H and O–H groups in total. The molecule has 84 valence electrons. The van der Waals surface area contributed by atoms with E-state index in [1.807, 2.05) is 13.8 Å². The first-order valence-electron chi connectivity index (χ1n) is 4.96.